The van der Waals surface area contributed by atoms with Gasteiger partial charge in [-0.15, -0.1) is 0 Å². The van der Waals surface area contributed by atoms with Crippen LogP contribution in [0.5, 0.6) is 0 Å². The molecule has 0 saturated heterocycles. The van der Waals surface area contributed by atoms with Crippen LogP contribution in [0.15, 0.2) is 30.3 Å². The lowest BCUT2D eigenvalue weighted by Crippen LogP contribution is -2.35. The van der Waals surface area contributed by atoms with E-state index in [4.69, 9.17) is 0 Å². The minimum absolute atomic E-state index is 0.0786. The highest BCUT2D eigenvalue weighted by Crippen LogP contribution is 2.29. The van der Waals surface area contributed by atoms with Gasteiger partial charge in [0, 0.05) is 6.54 Å². The zero-order valence-electron chi connectivity index (χ0n) is 11.7. The van der Waals surface area contributed by atoms with Crippen molar-refractivity contribution in [1.82, 2.24) is 10.6 Å². The molecule has 0 spiro atoms. The zero-order valence-corrected chi connectivity index (χ0v) is 11.7. The van der Waals surface area contributed by atoms with Gasteiger partial charge in [-0.25, -0.2) is 0 Å². The number of amides is 1. The van der Waals surface area contributed by atoms with Crippen LogP contribution < -0.4 is 10.6 Å². The monoisotopic (exact) mass is 260 g/mol. The Morgan fingerprint density at radius 3 is 2.74 bits per heavy atom. The Morgan fingerprint density at radius 1 is 1.26 bits per heavy atom. The van der Waals surface area contributed by atoms with Gasteiger partial charge in [-0.1, -0.05) is 43.7 Å². The zero-order chi connectivity index (χ0) is 13.5. The summed E-state index contributed by atoms with van der Waals surface area (Å²) in [6.07, 6.45) is 3.95. The summed E-state index contributed by atoms with van der Waals surface area (Å²) in [6.45, 7) is 4.33. The molecule has 104 valence electrons. The number of hydrogen-bond acceptors (Lipinski definition) is 2. The van der Waals surface area contributed by atoms with E-state index >= 15 is 0 Å². The highest BCUT2D eigenvalue weighted by molar-refractivity contribution is 5.77. The third-order valence-corrected chi connectivity index (χ3v) is 3.85. The number of hydrogen-bond donors (Lipinski definition) is 2. The van der Waals surface area contributed by atoms with Crippen molar-refractivity contribution >= 4 is 5.91 Å². The minimum atomic E-state index is 0.0786. The Kier molecular flexibility index (Phi) is 5.40. The standard InChI is InChI=1S/C16H24N2O/c1-13-7-8-15(9-13)10-17-12-16(19)18-11-14-5-3-2-4-6-14/h2-6,13,15,17H,7-12H2,1H3,(H,18,19). The molecule has 19 heavy (non-hydrogen) atoms. The van der Waals surface area contributed by atoms with Gasteiger partial charge in [-0.2, -0.15) is 0 Å². The molecule has 0 aliphatic heterocycles. The van der Waals surface area contributed by atoms with Gasteiger partial charge < -0.3 is 10.6 Å². The largest absolute Gasteiger partial charge is 0.351 e. The van der Waals surface area contributed by atoms with Crippen molar-refractivity contribution in [2.45, 2.75) is 32.7 Å². The van der Waals surface area contributed by atoms with Gasteiger partial charge >= 0.3 is 0 Å². The van der Waals surface area contributed by atoms with E-state index in [2.05, 4.69) is 17.6 Å². The Balaban J connectivity index is 1.57. The molecule has 3 heteroatoms. The van der Waals surface area contributed by atoms with E-state index in [1.165, 1.54) is 19.3 Å². The molecule has 2 rings (SSSR count). The van der Waals surface area contributed by atoms with Crippen LogP contribution in [0.3, 0.4) is 0 Å². The van der Waals surface area contributed by atoms with Gasteiger partial charge in [0.05, 0.1) is 6.54 Å². The van der Waals surface area contributed by atoms with Crippen molar-refractivity contribution in [3.8, 4) is 0 Å². The van der Waals surface area contributed by atoms with Crippen molar-refractivity contribution in [2.24, 2.45) is 11.8 Å². The van der Waals surface area contributed by atoms with E-state index in [-0.39, 0.29) is 5.91 Å². The van der Waals surface area contributed by atoms with E-state index < -0.39 is 0 Å². The van der Waals surface area contributed by atoms with Crippen molar-refractivity contribution < 1.29 is 4.79 Å². The van der Waals surface area contributed by atoms with Crippen LogP contribution in [0.25, 0.3) is 0 Å². The molecule has 0 bridgehead atoms. The molecule has 1 aromatic rings. The van der Waals surface area contributed by atoms with E-state index in [9.17, 15) is 4.79 Å². The fourth-order valence-electron chi connectivity index (χ4n) is 2.76. The molecule has 0 heterocycles. The first kappa shape index (κ1) is 14.1. The summed E-state index contributed by atoms with van der Waals surface area (Å²) in [7, 11) is 0. The van der Waals surface area contributed by atoms with Crippen LogP contribution in [-0.4, -0.2) is 19.0 Å². The van der Waals surface area contributed by atoms with E-state index in [0.29, 0.717) is 13.1 Å². The molecule has 1 aromatic carbocycles. The lowest BCUT2D eigenvalue weighted by Gasteiger charge is -2.11. The third kappa shape index (κ3) is 5.03. The fraction of sp³-hybridized carbons (Fsp3) is 0.562. The highest BCUT2D eigenvalue weighted by atomic mass is 16.1. The van der Waals surface area contributed by atoms with Crippen LogP contribution in [0.2, 0.25) is 0 Å². The van der Waals surface area contributed by atoms with Crippen LogP contribution in [-0.2, 0) is 11.3 Å². The van der Waals surface area contributed by atoms with Gasteiger partial charge in [0.1, 0.15) is 0 Å². The number of carbonyl (C=O) groups is 1. The number of nitrogens with one attached hydrogen (secondary N) is 2. The smallest absolute Gasteiger partial charge is 0.234 e. The summed E-state index contributed by atoms with van der Waals surface area (Å²) in [4.78, 5) is 11.7. The SMILES string of the molecule is CC1CCC(CNCC(=O)NCc2ccccc2)C1. The van der Waals surface area contributed by atoms with Crippen molar-refractivity contribution in [1.29, 1.82) is 0 Å². The molecular formula is C16H24N2O. The molecule has 1 fully saturated rings. The quantitative estimate of drug-likeness (QED) is 0.824. The Bertz CT molecular complexity index is 391. The summed E-state index contributed by atoms with van der Waals surface area (Å²) in [5.41, 5.74) is 1.14. The van der Waals surface area contributed by atoms with Crippen LogP contribution >= 0.6 is 0 Å². The van der Waals surface area contributed by atoms with Crippen molar-refractivity contribution in [2.75, 3.05) is 13.1 Å². The molecule has 0 aromatic heterocycles. The molecule has 2 atom stereocenters. The number of benzene rings is 1. The summed E-state index contributed by atoms with van der Waals surface area (Å²) in [6, 6.07) is 10.00. The van der Waals surface area contributed by atoms with Gasteiger partial charge in [0.15, 0.2) is 0 Å². The molecule has 2 N–H and O–H groups in total. The summed E-state index contributed by atoms with van der Waals surface area (Å²) < 4.78 is 0. The van der Waals surface area contributed by atoms with Crippen molar-refractivity contribution in [3.05, 3.63) is 35.9 Å². The van der Waals surface area contributed by atoms with Crippen LogP contribution in [0.1, 0.15) is 31.7 Å². The average molecular weight is 260 g/mol. The minimum Gasteiger partial charge on any atom is -0.351 e. The first-order valence-electron chi connectivity index (χ1n) is 7.25. The maximum atomic E-state index is 11.7. The summed E-state index contributed by atoms with van der Waals surface area (Å²) in [5, 5.41) is 6.20. The molecule has 3 nitrogen and oxygen atoms in total. The van der Waals surface area contributed by atoms with E-state index in [1.807, 2.05) is 30.3 Å². The first-order valence-corrected chi connectivity index (χ1v) is 7.25. The van der Waals surface area contributed by atoms with Gasteiger partial charge in [-0.3, -0.25) is 4.79 Å². The highest BCUT2D eigenvalue weighted by Gasteiger charge is 2.20. The molecular weight excluding hydrogens is 236 g/mol. The topological polar surface area (TPSA) is 41.1 Å². The van der Waals surface area contributed by atoms with Gasteiger partial charge in [0.25, 0.3) is 0 Å². The maximum Gasteiger partial charge on any atom is 0.234 e. The second-order valence-electron chi connectivity index (χ2n) is 5.68. The first-order chi connectivity index (χ1) is 9.24. The second kappa shape index (κ2) is 7.29. The predicted molar refractivity (Wildman–Crippen MR) is 77.7 cm³/mol. The second-order valence-corrected chi connectivity index (χ2v) is 5.68. The predicted octanol–water partition coefficient (Wildman–Crippen LogP) is 2.33. The lowest BCUT2D eigenvalue weighted by atomic mass is 10.1. The average Bonchev–Trinajstić information content (AvgIpc) is 2.83. The molecule has 2 unspecified atom stereocenters. The molecule has 1 aliphatic rings. The third-order valence-electron chi connectivity index (χ3n) is 3.85. The molecule has 1 amide bonds. The molecule has 1 aliphatic carbocycles. The summed E-state index contributed by atoms with van der Waals surface area (Å²) >= 11 is 0. The van der Waals surface area contributed by atoms with Crippen LogP contribution in [0, 0.1) is 11.8 Å². The van der Waals surface area contributed by atoms with Crippen molar-refractivity contribution in [3.63, 3.8) is 0 Å². The van der Waals surface area contributed by atoms with E-state index in [1.54, 1.807) is 0 Å². The fourth-order valence-corrected chi connectivity index (χ4v) is 2.76. The number of carbonyl (C=O) groups excluding carboxylic acids is 1. The lowest BCUT2D eigenvalue weighted by molar-refractivity contribution is -0.120. The van der Waals surface area contributed by atoms with Gasteiger partial charge in [-0.05, 0) is 36.8 Å². The van der Waals surface area contributed by atoms with E-state index in [0.717, 1.165) is 23.9 Å². The Hall–Kier alpha value is -1.35. The molecule has 0 radical (unpaired) electrons. The van der Waals surface area contributed by atoms with Gasteiger partial charge in [0.2, 0.25) is 5.91 Å². The molecule has 1 saturated carbocycles. The Labute approximate surface area is 115 Å². The number of rotatable bonds is 6. The maximum absolute atomic E-state index is 11.7. The Morgan fingerprint density at radius 2 is 2.05 bits per heavy atom. The van der Waals surface area contributed by atoms with Crippen LogP contribution in [0.4, 0.5) is 0 Å². The normalized spacial score (nSPS) is 22.4. The summed E-state index contributed by atoms with van der Waals surface area (Å²) in [5.74, 6) is 1.70.